The molecule has 0 N–H and O–H groups in total. The second-order valence-electron chi connectivity index (χ2n) is 2.99. The van der Waals surface area contributed by atoms with Crippen molar-refractivity contribution >= 4 is 33.5 Å². The SMILES string of the molecule is CC(CN(C)C)[CH2][Ga]([Cl])[Cl]. The Morgan fingerprint density at radius 2 is 1.90 bits per heavy atom. The summed E-state index contributed by atoms with van der Waals surface area (Å²) in [5.74, 6) is 0.662. The van der Waals surface area contributed by atoms with Crippen LogP contribution in [0.5, 0.6) is 0 Å². The number of hydrogen-bond acceptors (Lipinski definition) is 1. The Hall–Kier alpha value is 1.18. The summed E-state index contributed by atoms with van der Waals surface area (Å²) in [6.07, 6.45) is 0. The third-order valence-electron chi connectivity index (χ3n) is 1.26. The van der Waals surface area contributed by atoms with Gasteiger partial charge in [-0.3, -0.25) is 0 Å². The molecule has 0 radical (unpaired) electrons. The van der Waals surface area contributed by atoms with E-state index in [0.29, 0.717) is 5.92 Å². The van der Waals surface area contributed by atoms with Gasteiger partial charge in [0.1, 0.15) is 0 Å². The van der Waals surface area contributed by atoms with E-state index in [4.69, 9.17) is 19.3 Å². The van der Waals surface area contributed by atoms with E-state index < -0.39 is 14.2 Å². The molecule has 10 heavy (non-hydrogen) atoms. The van der Waals surface area contributed by atoms with Crippen LogP contribution < -0.4 is 0 Å². The molecule has 0 spiro atoms. The molecule has 0 fully saturated rings. The van der Waals surface area contributed by atoms with Gasteiger partial charge in [-0.05, 0) is 0 Å². The van der Waals surface area contributed by atoms with Gasteiger partial charge in [0.15, 0.2) is 0 Å². The third kappa shape index (κ3) is 7.29. The number of rotatable bonds is 4. The minimum atomic E-state index is -1.77. The van der Waals surface area contributed by atoms with Gasteiger partial charge in [0.25, 0.3) is 0 Å². The monoisotopic (exact) mass is 239 g/mol. The zero-order valence-corrected chi connectivity index (χ0v) is 10.7. The normalized spacial score (nSPS) is 13.8. The first kappa shape index (κ1) is 11.2. The van der Waals surface area contributed by atoms with E-state index in [1.165, 1.54) is 0 Å². The van der Waals surface area contributed by atoms with E-state index in [1.807, 2.05) is 0 Å². The van der Waals surface area contributed by atoms with Crippen molar-refractivity contribution in [2.75, 3.05) is 20.6 Å². The zero-order chi connectivity index (χ0) is 8.15. The average Bonchev–Trinajstić information content (AvgIpc) is 1.58. The van der Waals surface area contributed by atoms with Gasteiger partial charge in [-0.1, -0.05) is 0 Å². The summed E-state index contributed by atoms with van der Waals surface area (Å²) in [4.78, 5) is 3.23. The van der Waals surface area contributed by atoms with Crippen LogP contribution in [0, 0.1) is 5.92 Å². The van der Waals surface area contributed by atoms with Crippen LogP contribution in [-0.4, -0.2) is 39.8 Å². The molecule has 0 aromatic heterocycles. The second kappa shape index (κ2) is 5.78. The Bertz CT molecular complexity index is 77.8. The first-order valence-corrected chi connectivity index (χ1v) is 11.5. The Morgan fingerprint density at radius 3 is 2.20 bits per heavy atom. The molecule has 1 unspecified atom stereocenters. The number of nitrogens with zero attached hydrogens (tertiary/aromatic N) is 1. The van der Waals surface area contributed by atoms with Crippen molar-refractivity contribution in [3.05, 3.63) is 0 Å². The van der Waals surface area contributed by atoms with Gasteiger partial charge in [0, 0.05) is 0 Å². The fraction of sp³-hybridized carbons (Fsp3) is 1.00. The summed E-state index contributed by atoms with van der Waals surface area (Å²) in [5, 5.41) is 0. The molecule has 0 bridgehead atoms. The standard InChI is InChI=1S/C6H14N.2ClH.Ga/c1-6(2)5-7(3)4;;;/h6H,1,5H2,2-4H3;2*1H;/q;;;+2/p-2. The van der Waals surface area contributed by atoms with Gasteiger partial charge >= 0.3 is 76.8 Å². The van der Waals surface area contributed by atoms with Crippen molar-refractivity contribution in [1.29, 1.82) is 0 Å². The van der Waals surface area contributed by atoms with Gasteiger partial charge in [-0.15, -0.1) is 0 Å². The molecular weight excluding hydrogens is 227 g/mol. The second-order valence-corrected chi connectivity index (χ2v) is 12.3. The first-order chi connectivity index (χ1) is 4.52. The molecule has 4 heteroatoms. The predicted molar refractivity (Wildman–Crippen MR) is 50.0 cm³/mol. The van der Waals surface area contributed by atoms with Gasteiger partial charge in [-0.25, -0.2) is 0 Å². The van der Waals surface area contributed by atoms with Gasteiger partial charge in [0.05, 0.1) is 0 Å². The van der Waals surface area contributed by atoms with E-state index in [1.54, 1.807) is 0 Å². The summed E-state index contributed by atoms with van der Waals surface area (Å²) >= 11 is -1.77. The Morgan fingerprint density at radius 1 is 1.40 bits per heavy atom. The maximum absolute atomic E-state index is 5.79. The van der Waals surface area contributed by atoms with Crippen molar-refractivity contribution < 1.29 is 0 Å². The van der Waals surface area contributed by atoms with E-state index in [9.17, 15) is 0 Å². The zero-order valence-electron chi connectivity index (χ0n) is 6.77. The molecule has 1 nitrogen and oxygen atoms in total. The summed E-state index contributed by atoms with van der Waals surface area (Å²) in [6, 6.07) is 0. The third-order valence-corrected chi connectivity index (χ3v) is 5.55. The van der Waals surface area contributed by atoms with Gasteiger partial charge in [0.2, 0.25) is 0 Å². The molecule has 0 aliphatic heterocycles. The van der Waals surface area contributed by atoms with Gasteiger partial charge in [-0.2, -0.15) is 0 Å². The van der Waals surface area contributed by atoms with Crippen LogP contribution in [0.3, 0.4) is 0 Å². The predicted octanol–water partition coefficient (Wildman–Crippen LogP) is 2.15. The summed E-state index contributed by atoms with van der Waals surface area (Å²) < 4.78 is 0. The molecule has 1 atom stereocenters. The van der Waals surface area contributed by atoms with Crippen LogP contribution in [0.15, 0.2) is 0 Å². The molecule has 0 saturated heterocycles. The summed E-state index contributed by atoms with van der Waals surface area (Å²) in [5.41, 5.74) is 0. The van der Waals surface area contributed by atoms with Crippen molar-refractivity contribution in [3.63, 3.8) is 0 Å². The Balaban J connectivity index is 3.34. The summed E-state index contributed by atoms with van der Waals surface area (Å²) in [7, 11) is 15.7. The van der Waals surface area contributed by atoms with Crippen LogP contribution in [0.1, 0.15) is 6.92 Å². The van der Waals surface area contributed by atoms with Crippen LogP contribution in [-0.2, 0) is 0 Å². The molecule has 0 aliphatic carbocycles. The maximum atomic E-state index is 5.79. The van der Waals surface area contributed by atoms with Crippen molar-refractivity contribution in [3.8, 4) is 0 Å². The molecule has 0 rings (SSSR count). The van der Waals surface area contributed by atoms with E-state index in [0.717, 1.165) is 11.5 Å². The Labute approximate surface area is 76.7 Å². The number of hydrogen-bond donors (Lipinski definition) is 0. The van der Waals surface area contributed by atoms with Crippen molar-refractivity contribution in [2.45, 2.75) is 11.9 Å². The number of halogens is 2. The minimum absolute atomic E-state index is 0.662. The van der Waals surface area contributed by atoms with Crippen LogP contribution in [0.4, 0.5) is 0 Å². The van der Waals surface area contributed by atoms with E-state index in [-0.39, 0.29) is 0 Å². The van der Waals surface area contributed by atoms with E-state index in [2.05, 4.69) is 25.9 Å². The molecule has 0 aromatic rings. The molecule has 60 valence electrons. The molecule has 0 heterocycles. The molecular formula is C6H14Cl2GaN. The average molecular weight is 241 g/mol. The quantitative estimate of drug-likeness (QED) is 0.681. The fourth-order valence-corrected chi connectivity index (χ4v) is 5.75. The van der Waals surface area contributed by atoms with E-state index >= 15 is 0 Å². The Kier molecular flexibility index (Phi) is 6.46. The van der Waals surface area contributed by atoms with Gasteiger partial charge < -0.3 is 0 Å². The fourth-order valence-electron chi connectivity index (χ4n) is 1.00. The van der Waals surface area contributed by atoms with Crippen molar-refractivity contribution in [1.82, 2.24) is 4.90 Å². The van der Waals surface area contributed by atoms with Crippen LogP contribution in [0.2, 0.25) is 4.98 Å². The van der Waals surface area contributed by atoms with Crippen LogP contribution >= 0.6 is 19.3 Å². The van der Waals surface area contributed by atoms with Crippen LogP contribution in [0.25, 0.3) is 0 Å². The molecule has 0 amide bonds. The molecule has 0 saturated carbocycles. The molecule has 0 aliphatic rings. The topological polar surface area (TPSA) is 3.24 Å². The molecule has 0 aromatic carbocycles. The van der Waals surface area contributed by atoms with Crippen molar-refractivity contribution in [2.24, 2.45) is 5.92 Å². The first-order valence-electron chi connectivity index (χ1n) is 3.45. The summed E-state index contributed by atoms with van der Waals surface area (Å²) in [6.45, 7) is 3.30.